The predicted octanol–water partition coefficient (Wildman–Crippen LogP) is 4.36. The first-order valence-electron chi connectivity index (χ1n) is 6.82. The van der Waals surface area contributed by atoms with E-state index in [9.17, 15) is 0 Å². The van der Waals surface area contributed by atoms with Gasteiger partial charge in [0.25, 0.3) is 0 Å². The zero-order valence-corrected chi connectivity index (χ0v) is 14.1. The van der Waals surface area contributed by atoms with Gasteiger partial charge in [-0.3, -0.25) is 0 Å². The summed E-state index contributed by atoms with van der Waals surface area (Å²) < 4.78 is 12.3. The molecule has 0 bridgehead atoms. The summed E-state index contributed by atoms with van der Waals surface area (Å²) in [6.07, 6.45) is 0. The molecule has 0 heterocycles. The van der Waals surface area contributed by atoms with Crippen LogP contribution in [-0.2, 0) is 6.61 Å². The van der Waals surface area contributed by atoms with E-state index in [1.807, 2.05) is 44.2 Å². The van der Waals surface area contributed by atoms with Gasteiger partial charge in [0.15, 0.2) is 0 Å². The lowest BCUT2D eigenvalue weighted by atomic mass is 10.1. The molecule has 0 aliphatic rings. The Labute approximate surface area is 134 Å². The molecule has 0 saturated carbocycles. The third-order valence-corrected chi connectivity index (χ3v) is 3.84. The first-order valence-corrected chi connectivity index (χ1v) is 7.62. The van der Waals surface area contributed by atoms with Gasteiger partial charge in [0.05, 0.1) is 7.11 Å². The molecule has 0 fully saturated rings. The molecule has 2 aromatic rings. The molecule has 2 aromatic carbocycles. The minimum Gasteiger partial charge on any atom is -0.496 e. The Bertz CT molecular complexity index is 626. The quantitative estimate of drug-likeness (QED) is 0.871. The van der Waals surface area contributed by atoms with Gasteiger partial charge in [-0.25, -0.2) is 0 Å². The Morgan fingerprint density at radius 2 is 1.86 bits per heavy atom. The second-order valence-corrected chi connectivity index (χ2v) is 5.97. The monoisotopic (exact) mass is 349 g/mol. The smallest absolute Gasteiger partial charge is 0.125 e. The lowest BCUT2D eigenvalue weighted by molar-refractivity contribution is 0.294. The third-order valence-electron chi connectivity index (χ3n) is 3.35. The van der Waals surface area contributed by atoms with E-state index in [0.717, 1.165) is 32.7 Å². The molecule has 1 atom stereocenters. The van der Waals surface area contributed by atoms with Crippen molar-refractivity contribution in [2.24, 2.45) is 5.73 Å². The third kappa shape index (κ3) is 3.99. The highest BCUT2D eigenvalue weighted by atomic mass is 79.9. The number of benzene rings is 2. The van der Waals surface area contributed by atoms with Crippen molar-refractivity contribution < 1.29 is 9.47 Å². The number of hydrogen-bond acceptors (Lipinski definition) is 3. The maximum atomic E-state index is 5.91. The van der Waals surface area contributed by atoms with Crippen molar-refractivity contribution in [1.82, 2.24) is 0 Å². The minimum absolute atomic E-state index is 0.0305. The lowest BCUT2D eigenvalue weighted by Gasteiger charge is -2.14. The molecule has 0 amide bonds. The molecule has 21 heavy (non-hydrogen) atoms. The van der Waals surface area contributed by atoms with E-state index in [1.165, 1.54) is 0 Å². The first kappa shape index (κ1) is 15.9. The molecule has 0 aliphatic carbocycles. The van der Waals surface area contributed by atoms with Crippen LogP contribution in [0.1, 0.15) is 29.7 Å². The number of nitrogens with two attached hydrogens (primary N) is 1. The fraction of sp³-hybridized carbons (Fsp3) is 0.294. The van der Waals surface area contributed by atoms with Gasteiger partial charge in [0.2, 0.25) is 0 Å². The van der Waals surface area contributed by atoms with Crippen LogP contribution >= 0.6 is 15.9 Å². The second kappa shape index (κ2) is 6.96. The van der Waals surface area contributed by atoms with Crippen molar-refractivity contribution in [1.29, 1.82) is 0 Å². The van der Waals surface area contributed by atoms with Gasteiger partial charge in [-0.2, -0.15) is 0 Å². The predicted molar refractivity (Wildman–Crippen MR) is 88.8 cm³/mol. The minimum atomic E-state index is 0.0305. The molecular formula is C17H20BrNO2. The number of hydrogen-bond donors (Lipinski definition) is 1. The number of methoxy groups -OCH3 is 1. The molecule has 0 saturated heterocycles. The fourth-order valence-corrected chi connectivity index (χ4v) is 2.54. The summed E-state index contributed by atoms with van der Waals surface area (Å²) in [7, 11) is 1.66. The summed E-state index contributed by atoms with van der Waals surface area (Å²) >= 11 is 3.47. The van der Waals surface area contributed by atoms with Crippen LogP contribution in [0, 0.1) is 6.92 Å². The molecule has 0 aromatic heterocycles. The van der Waals surface area contributed by atoms with Gasteiger partial charge in [-0.15, -0.1) is 0 Å². The molecule has 1 unspecified atom stereocenters. The second-order valence-electron chi connectivity index (χ2n) is 5.06. The molecule has 112 valence electrons. The highest BCUT2D eigenvalue weighted by Crippen LogP contribution is 2.27. The molecule has 0 radical (unpaired) electrons. The zero-order valence-electron chi connectivity index (χ0n) is 12.5. The summed E-state index contributed by atoms with van der Waals surface area (Å²) in [5, 5.41) is 0. The summed E-state index contributed by atoms with van der Waals surface area (Å²) in [6, 6.07) is 12.0. The highest BCUT2D eigenvalue weighted by molar-refractivity contribution is 9.10. The molecule has 4 heteroatoms. The largest absolute Gasteiger partial charge is 0.496 e. The number of ether oxygens (including phenoxy) is 2. The molecule has 3 nitrogen and oxygen atoms in total. The Morgan fingerprint density at radius 1 is 1.14 bits per heavy atom. The molecular weight excluding hydrogens is 330 g/mol. The van der Waals surface area contributed by atoms with Crippen LogP contribution in [0.25, 0.3) is 0 Å². The summed E-state index contributed by atoms with van der Waals surface area (Å²) in [6.45, 7) is 4.46. The van der Waals surface area contributed by atoms with Gasteiger partial charge < -0.3 is 15.2 Å². The van der Waals surface area contributed by atoms with Crippen molar-refractivity contribution in [2.75, 3.05) is 7.11 Å². The SMILES string of the molecule is COc1ccc(Br)cc1COc1ccc(C(C)N)cc1C. The van der Waals surface area contributed by atoms with Gasteiger partial charge >= 0.3 is 0 Å². The maximum absolute atomic E-state index is 5.91. The van der Waals surface area contributed by atoms with E-state index in [0.29, 0.717) is 6.61 Å². The topological polar surface area (TPSA) is 44.5 Å². The van der Waals surface area contributed by atoms with E-state index in [-0.39, 0.29) is 6.04 Å². The van der Waals surface area contributed by atoms with E-state index >= 15 is 0 Å². The van der Waals surface area contributed by atoms with E-state index in [1.54, 1.807) is 7.11 Å². The van der Waals surface area contributed by atoms with Crippen molar-refractivity contribution in [3.05, 3.63) is 57.6 Å². The Balaban J connectivity index is 2.15. The average molecular weight is 350 g/mol. The zero-order chi connectivity index (χ0) is 15.4. The van der Waals surface area contributed by atoms with E-state index in [2.05, 4.69) is 22.0 Å². The van der Waals surface area contributed by atoms with Crippen LogP contribution in [0.2, 0.25) is 0 Å². The lowest BCUT2D eigenvalue weighted by Crippen LogP contribution is -2.06. The Morgan fingerprint density at radius 3 is 2.48 bits per heavy atom. The van der Waals surface area contributed by atoms with Crippen LogP contribution in [0.15, 0.2) is 40.9 Å². The molecule has 2 N–H and O–H groups in total. The summed E-state index contributed by atoms with van der Waals surface area (Å²) in [4.78, 5) is 0. The Hall–Kier alpha value is -1.52. The van der Waals surface area contributed by atoms with E-state index in [4.69, 9.17) is 15.2 Å². The fourth-order valence-electron chi connectivity index (χ4n) is 2.13. The standard InChI is InChI=1S/C17H20BrNO2/c1-11-8-13(12(2)19)4-6-16(11)21-10-14-9-15(18)5-7-17(14)20-3/h4-9,12H,10,19H2,1-3H3. The van der Waals surface area contributed by atoms with Gasteiger partial charge in [-0.1, -0.05) is 28.1 Å². The molecule has 0 spiro atoms. The van der Waals surface area contributed by atoms with E-state index < -0.39 is 0 Å². The van der Waals surface area contributed by atoms with Gasteiger partial charge in [-0.05, 0) is 49.2 Å². The van der Waals surface area contributed by atoms with Gasteiger partial charge in [0.1, 0.15) is 18.1 Å². The number of aryl methyl sites for hydroxylation is 1. The Kier molecular flexibility index (Phi) is 5.26. The average Bonchev–Trinajstić information content (AvgIpc) is 2.46. The highest BCUT2D eigenvalue weighted by Gasteiger charge is 2.08. The first-order chi connectivity index (χ1) is 10.0. The maximum Gasteiger partial charge on any atom is 0.125 e. The van der Waals surface area contributed by atoms with Crippen molar-refractivity contribution in [3.63, 3.8) is 0 Å². The van der Waals surface area contributed by atoms with Crippen molar-refractivity contribution in [3.8, 4) is 11.5 Å². The van der Waals surface area contributed by atoms with Crippen molar-refractivity contribution in [2.45, 2.75) is 26.5 Å². The molecule has 0 aliphatic heterocycles. The van der Waals surface area contributed by atoms with Crippen LogP contribution in [0.3, 0.4) is 0 Å². The van der Waals surface area contributed by atoms with Crippen molar-refractivity contribution >= 4 is 15.9 Å². The summed E-state index contributed by atoms with van der Waals surface area (Å²) in [5.41, 5.74) is 9.09. The number of rotatable bonds is 5. The molecule has 2 rings (SSSR count). The normalized spacial score (nSPS) is 12.0. The van der Waals surface area contributed by atoms with Crippen LogP contribution in [0.5, 0.6) is 11.5 Å². The van der Waals surface area contributed by atoms with Crippen LogP contribution < -0.4 is 15.2 Å². The summed E-state index contributed by atoms with van der Waals surface area (Å²) in [5.74, 6) is 1.68. The van der Waals surface area contributed by atoms with Gasteiger partial charge in [0, 0.05) is 16.1 Å². The van der Waals surface area contributed by atoms with Crippen LogP contribution in [0.4, 0.5) is 0 Å². The number of halogens is 1. The van der Waals surface area contributed by atoms with Crippen LogP contribution in [-0.4, -0.2) is 7.11 Å².